The molecule has 1 unspecified atom stereocenters. The second kappa shape index (κ2) is 5.89. The molecular formula is C12H16ClNO3. The van der Waals surface area contributed by atoms with E-state index < -0.39 is 0 Å². The molecule has 0 spiro atoms. The molecule has 1 amide bonds. The fraction of sp³-hybridized carbons (Fsp3) is 0.417. The first-order valence-electron chi connectivity index (χ1n) is 5.22. The van der Waals surface area contributed by atoms with E-state index in [1.165, 1.54) is 23.1 Å². The third-order valence-electron chi connectivity index (χ3n) is 2.58. The summed E-state index contributed by atoms with van der Waals surface area (Å²) < 4.78 is 4.98. The maximum Gasteiger partial charge on any atom is 0.257 e. The molecule has 1 atom stereocenters. The fourth-order valence-electron chi connectivity index (χ4n) is 1.42. The molecule has 94 valence electrons. The van der Waals surface area contributed by atoms with Crippen LogP contribution in [0.3, 0.4) is 0 Å². The zero-order valence-corrected chi connectivity index (χ0v) is 10.9. The fourth-order valence-corrected chi connectivity index (χ4v) is 1.59. The lowest BCUT2D eigenvalue weighted by molar-refractivity contribution is 0.0631. The van der Waals surface area contributed by atoms with Crippen molar-refractivity contribution in [2.24, 2.45) is 0 Å². The molecule has 0 bridgehead atoms. The van der Waals surface area contributed by atoms with Crippen LogP contribution in [0, 0.1) is 0 Å². The van der Waals surface area contributed by atoms with Gasteiger partial charge in [-0.2, -0.15) is 0 Å². The number of phenols is 1. The van der Waals surface area contributed by atoms with Crippen LogP contribution in [-0.2, 0) is 4.74 Å². The number of carbonyl (C=O) groups is 1. The molecule has 1 N–H and O–H groups in total. The van der Waals surface area contributed by atoms with Crippen molar-refractivity contribution in [3.8, 4) is 5.75 Å². The lowest BCUT2D eigenvalue weighted by Gasteiger charge is -2.24. The van der Waals surface area contributed by atoms with Gasteiger partial charge in [-0.3, -0.25) is 4.79 Å². The summed E-state index contributed by atoms with van der Waals surface area (Å²) in [5.74, 6) is -0.356. The maximum absolute atomic E-state index is 12.1. The summed E-state index contributed by atoms with van der Waals surface area (Å²) in [6.07, 6.45) is 0. The van der Waals surface area contributed by atoms with Gasteiger partial charge in [0.1, 0.15) is 5.75 Å². The SMILES string of the molecule is COCC(C)N(C)C(=O)c1cc(Cl)ccc1O. The highest BCUT2D eigenvalue weighted by Crippen LogP contribution is 2.23. The summed E-state index contributed by atoms with van der Waals surface area (Å²) in [6.45, 7) is 2.30. The monoisotopic (exact) mass is 257 g/mol. The van der Waals surface area contributed by atoms with Gasteiger partial charge in [0.15, 0.2) is 0 Å². The normalized spacial score (nSPS) is 12.2. The number of nitrogens with zero attached hydrogens (tertiary/aromatic N) is 1. The standard InChI is InChI=1S/C12H16ClNO3/c1-8(7-17-3)14(2)12(16)10-6-9(13)4-5-11(10)15/h4-6,8,15H,7H2,1-3H3. The zero-order chi connectivity index (χ0) is 13.0. The number of aromatic hydroxyl groups is 1. The second-order valence-corrected chi connectivity index (χ2v) is 4.32. The van der Waals surface area contributed by atoms with Gasteiger partial charge in [-0.15, -0.1) is 0 Å². The molecule has 5 heteroatoms. The van der Waals surface area contributed by atoms with Gasteiger partial charge in [-0.05, 0) is 25.1 Å². The summed E-state index contributed by atoms with van der Waals surface area (Å²) in [5.41, 5.74) is 0.197. The van der Waals surface area contributed by atoms with Gasteiger partial charge >= 0.3 is 0 Å². The predicted molar refractivity (Wildman–Crippen MR) is 66.5 cm³/mol. The Kier molecular flexibility index (Phi) is 4.78. The molecule has 0 saturated heterocycles. The van der Waals surface area contributed by atoms with Gasteiger partial charge in [0, 0.05) is 19.2 Å². The third-order valence-corrected chi connectivity index (χ3v) is 2.81. The highest BCUT2D eigenvalue weighted by atomic mass is 35.5. The van der Waals surface area contributed by atoms with Gasteiger partial charge in [0.05, 0.1) is 18.2 Å². The van der Waals surface area contributed by atoms with E-state index in [0.717, 1.165) is 0 Å². The van der Waals surface area contributed by atoms with Gasteiger partial charge in [0.25, 0.3) is 5.91 Å². The quantitative estimate of drug-likeness (QED) is 0.899. The van der Waals surface area contributed by atoms with Crippen molar-refractivity contribution >= 4 is 17.5 Å². The van der Waals surface area contributed by atoms with Crippen LogP contribution in [-0.4, -0.2) is 42.7 Å². The molecule has 0 fully saturated rings. The molecule has 0 aliphatic carbocycles. The number of likely N-dealkylation sites (N-methyl/N-ethyl adjacent to an activating group) is 1. The van der Waals surface area contributed by atoms with Crippen molar-refractivity contribution in [3.63, 3.8) is 0 Å². The molecule has 0 aliphatic rings. The van der Waals surface area contributed by atoms with E-state index in [1.807, 2.05) is 6.92 Å². The third kappa shape index (κ3) is 3.35. The molecule has 1 rings (SSSR count). The number of methoxy groups -OCH3 is 1. The van der Waals surface area contributed by atoms with Crippen LogP contribution in [0.15, 0.2) is 18.2 Å². The number of carbonyl (C=O) groups excluding carboxylic acids is 1. The number of hydrogen-bond acceptors (Lipinski definition) is 3. The Morgan fingerprint density at radius 1 is 1.59 bits per heavy atom. The van der Waals surface area contributed by atoms with Gasteiger partial charge in [-0.25, -0.2) is 0 Å². The highest BCUT2D eigenvalue weighted by molar-refractivity contribution is 6.31. The topological polar surface area (TPSA) is 49.8 Å². The van der Waals surface area contributed by atoms with Crippen LogP contribution in [0.4, 0.5) is 0 Å². The Morgan fingerprint density at radius 2 is 2.24 bits per heavy atom. The average molecular weight is 258 g/mol. The number of hydrogen-bond donors (Lipinski definition) is 1. The first kappa shape index (κ1) is 13.8. The molecule has 0 aliphatic heterocycles. The van der Waals surface area contributed by atoms with E-state index in [1.54, 1.807) is 14.2 Å². The van der Waals surface area contributed by atoms with E-state index in [0.29, 0.717) is 11.6 Å². The zero-order valence-electron chi connectivity index (χ0n) is 10.1. The number of amides is 1. The van der Waals surface area contributed by atoms with Crippen molar-refractivity contribution in [1.29, 1.82) is 0 Å². The van der Waals surface area contributed by atoms with Crippen molar-refractivity contribution in [1.82, 2.24) is 4.90 Å². The van der Waals surface area contributed by atoms with Crippen LogP contribution in [0.1, 0.15) is 17.3 Å². The molecule has 1 aromatic rings. The molecule has 0 saturated carbocycles. The molecule has 17 heavy (non-hydrogen) atoms. The highest BCUT2D eigenvalue weighted by Gasteiger charge is 2.20. The van der Waals surface area contributed by atoms with Crippen LogP contribution in [0.5, 0.6) is 5.75 Å². The van der Waals surface area contributed by atoms with Crippen molar-refractivity contribution < 1.29 is 14.6 Å². The van der Waals surface area contributed by atoms with Gasteiger partial charge in [0.2, 0.25) is 0 Å². The minimum Gasteiger partial charge on any atom is -0.507 e. The summed E-state index contributed by atoms with van der Waals surface area (Å²) in [6, 6.07) is 4.32. The smallest absolute Gasteiger partial charge is 0.257 e. The van der Waals surface area contributed by atoms with E-state index >= 15 is 0 Å². The first-order valence-corrected chi connectivity index (χ1v) is 5.59. The lowest BCUT2D eigenvalue weighted by atomic mass is 10.1. The molecule has 0 radical (unpaired) electrons. The van der Waals surface area contributed by atoms with E-state index in [9.17, 15) is 9.90 Å². The summed E-state index contributed by atoms with van der Waals surface area (Å²) in [4.78, 5) is 13.6. The van der Waals surface area contributed by atoms with Crippen molar-refractivity contribution in [3.05, 3.63) is 28.8 Å². The Morgan fingerprint density at radius 3 is 2.82 bits per heavy atom. The molecule has 4 nitrogen and oxygen atoms in total. The minimum absolute atomic E-state index is 0.0733. The Balaban J connectivity index is 2.92. The molecule has 0 aromatic heterocycles. The Labute approximate surface area is 106 Å². The van der Waals surface area contributed by atoms with E-state index in [2.05, 4.69) is 0 Å². The Hall–Kier alpha value is -1.26. The summed E-state index contributed by atoms with van der Waals surface area (Å²) in [5, 5.41) is 10.0. The molecule has 0 heterocycles. The predicted octanol–water partition coefficient (Wildman–Crippen LogP) is 2.15. The summed E-state index contributed by atoms with van der Waals surface area (Å²) >= 11 is 5.80. The molecular weight excluding hydrogens is 242 g/mol. The number of halogens is 1. The van der Waals surface area contributed by atoms with Crippen LogP contribution in [0.2, 0.25) is 5.02 Å². The maximum atomic E-state index is 12.1. The van der Waals surface area contributed by atoms with E-state index in [-0.39, 0.29) is 23.3 Å². The summed E-state index contributed by atoms with van der Waals surface area (Å²) in [7, 11) is 3.23. The first-order chi connectivity index (χ1) is 7.97. The van der Waals surface area contributed by atoms with Crippen molar-refractivity contribution in [2.45, 2.75) is 13.0 Å². The second-order valence-electron chi connectivity index (χ2n) is 3.88. The lowest BCUT2D eigenvalue weighted by Crippen LogP contribution is -2.37. The number of ether oxygens (including phenoxy) is 1. The number of phenolic OH excluding ortho intramolecular Hbond substituents is 1. The van der Waals surface area contributed by atoms with Gasteiger partial charge in [-0.1, -0.05) is 11.6 Å². The van der Waals surface area contributed by atoms with Gasteiger partial charge < -0.3 is 14.7 Å². The largest absolute Gasteiger partial charge is 0.507 e. The number of rotatable bonds is 4. The molecule has 1 aromatic carbocycles. The van der Waals surface area contributed by atoms with Crippen molar-refractivity contribution in [2.75, 3.05) is 20.8 Å². The van der Waals surface area contributed by atoms with E-state index in [4.69, 9.17) is 16.3 Å². The number of benzene rings is 1. The van der Waals surface area contributed by atoms with Crippen LogP contribution in [0.25, 0.3) is 0 Å². The van der Waals surface area contributed by atoms with Crippen LogP contribution >= 0.6 is 11.6 Å². The Bertz CT molecular complexity index is 409. The minimum atomic E-state index is -0.283. The average Bonchev–Trinajstić information content (AvgIpc) is 2.30. The van der Waals surface area contributed by atoms with Crippen LogP contribution < -0.4 is 0 Å².